The number of imidazole rings is 1. The van der Waals surface area contributed by atoms with E-state index >= 15 is 0 Å². The van der Waals surface area contributed by atoms with E-state index in [1.54, 1.807) is 17.0 Å². The number of fused-ring (bicyclic) bond motifs is 4. The van der Waals surface area contributed by atoms with Gasteiger partial charge in [0.25, 0.3) is 5.78 Å². The van der Waals surface area contributed by atoms with Crippen molar-refractivity contribution in [3.8, 4) is 17.0 Å². The monoisotopic (exact) mass is 509 g/mol. The van der Waals surface area contributed by atoms with E-state index < -0.39 is 5.60 Å². The second-order valence-electron chi connectivity index (χ2n) is 9.11. The van der Waals surface area contributed by atoms with E-state index in [2.05, 4.69) is 20.5 Å². The van der Waals surface area contributed by atoms with Gasteiger partial charge in [0.1, 0.15) is 5.75 Å². The molecule has 0 saturated heterocycles. The van der Waals surface area contributed by atoms with Gasteiger partial charge in [0.2, 0.25) is 0 Å². The van der Waals surface area contributed by atoms with E-state index in [0.29, 0.717) is 34.4 Å². The predicted octanol–water partition coefficient (Wildman–Crippen LogP) is 3.95. The molecule has 10 heteroatoms. The van der Waals surface area contributed by atoms with Crippen molar-refractivity contribution in [2.24, 2.45) is 7.05 Å². The molecule has 0 saturated carbocycles. The maximum atomic E-state index is 12.6. The second-order valence-corrected chi connectivity index (χ2v) is 9.55. The fraction of sp³-hybridized carbons (Fsp3) is 0.148. The highest BCUT2D eigenvalue weighted by molar-refractivity contribution is 6.30. The van der Waals surface area contributed by atoms with E-state index in [-0.39, 0.29) is 0 Å². The third-order valence-corrected chi connectivity index (χ3v) is 7.19. The summed E-state index contributed by atoms with van der Waals surface area (Å²) in [6.45, 7) is 0.634. The Morgan fingerprint density at radius 2 is 1.92 bits per heavy atom. The Bertz CT molecular complexity index is 1830. The average molecular weight is 510 g/mol. The van der Waals surface area contributed by atoms with Crippen LogP contribution in [-0.2, 0) is 19.1 Å². The van der Waals surface area contributed by atoms with Crippen LogP contribution in [0.4, 0.5) is 0 Å². The first-order chi connectivity index (χ1) is 18.0. The smallest absolute Gasteiger partial charge is 0.274 e. The molecule has 6 aromatic rings. The Balaban J connectivity index is 1.53. The summed E-state index contributed by atoms with van der Waals surface area (Å²) in [5, 5.41) is 25.9. The molecular weight excluding hydrogens is 490 g/mol. The van der Waals surface area contributed by atoms with Gasteiger partial charge in [-0.3, -0.25) is 0 Å². The molecule has 1 atom stereocenters. The Kier molecular flexibility index (Phi) is 4.79. The molecule has 3 aromatic carbocycles. The highest BCUT2D eigenvalue weighted by atomic mass is 35.5. The minimum Gasteiger partial charge on any atom is -0.493 e. The molecule has 0 aliphatic carbocycles. The highest BCUT2D eigenvalue weighted by Gasteiger charge is 2.38. The lowest BCUT2D eigenvalue weighted by atomic mass is 9.82. The molecule has 0 bridgehead atoms. The van der Waals surface area contributed by atoms with Crippen LogP contribution in [0.5, 0.6) is 5.75 Å². The molecule has 7 rings (SSSR count). The van der Waals surface area contributed by atoms with Gasteiger partial charge >= 0.3 is 0 Å². The summed E-state index contributed by atoms with van der Waals surface area (Å²) < 4.78 is 9.13. The molecule has 0 fully saturated rings. The predicted molar refractivity (Wildman–Crippen MR) is 137 cm³/mol. The summed E-state index contributed by atoms with van der Waals surface area (Å²) in [5.41, 5.74) is 3.80. The van der Waals surface area contributed by atoms with Crippen LogP contribution in [0, 0.1) is 0 Å². The van der Waals surface area contributed by atoms with Gasteiger partial charge in [-0.25, -0.2) is 9.97 Å². The Labute approximate surface area is 215 Å². The van der Waals surface area contributed by atoms with E-state index in [1.165, 1.54) is 0 Å². The van der Waals surface area contributed by atoms with Crippen LogP contribution in [0.25, 0.3) is 27.9 Å². The number of tetrazole rings is 1. The van der Waals surface area contributed by atoms with Gasteiger partial charge < -0.3 is 14.4 Å². The van der Waals surface area contributed by atoms with Crippen molar-refractivity contribution in [1.82, 2.24) is 34.6 Å². The van der Waals surface area contributed by atoms with Gasteiger partial charge in [0.15, 0.2) is 5.60 Å². The first-order valence-corrected chi connectivity index (χ1v) is 12.1. The normalized spacial score (nSPS) is 14.6. The zero-order valence-corrected chi connectivity index (χ0v) is 20.5. The highest BCUT2D eigenvalue weighted by Crippen LogP contribution is 2.41. The summed E-state index contributed by atoms with van der Waals surface area (Å²) in [5.74, 6) is 1.22. The van der Waals surface area contributed by atoms with Crippen molar-refractivity contribution in [1.29, 1.82) is 0 Å². The van der Waals surface area contributed by atoms with E-state index in [4.69, 9.17) is 21.3 Å². The van der Waals surface area contributed by atoms with Crippen LogP contribution in [0.15, 0.2) is 73.2 Å². The number of benzene rings is 3. The third-order valence-electron chi connectivity index (χ3n) is 6.96. The molecule has 3 aromatic heterocycles. The first kappa shape index (κ1) is 21.9. The molecule has 0 spiro atoms. The number of aromatic nitrogens is 7. The minimum absolute atomic E-state index is 0.371. The summed E-state index contributed by atoms with van der Waals surface area (Å²) in [7, 11) is 1.87. The molecule has 4 heterocycles. The van der Waals surface area contributed by atoms with Crippen LogP contribution in [0.3, 0.4) is 0 Å². The van der Waals surface area contributed by atoms with Gasteiger partial charge in [0, 0.05) is 29.4 Å². The fourth-order valence-corrected chi connectivity index (χ4v) is 5.33. The number of halogens is 1. The topological polar surface area (TPSA) is 103 Å². The van der Waals surface area contributed by atoms with Gasteiger partial charge in [-0.15, -0.1) is 0 Å². The molecule has 0 radical (unpaired) electrons. The van der Waals surface area contributed by atoms with Crippen LogP contribution < -0.4 is 4.74 Å². The fourth-order valence-electron chi connectivity index (χ4n) is 5.14. The molecule has 1 N–H and O–H groups in total. The van der Waals surface area contributed by atoms with Crippen molar-refractivity contribution >= 4 is 28.3 Å². The van der Waals surface area contributed by atoms with Gasteiger partial charge in [-0.1, -0.05) is 41.0 Å². The number of nitrogens with zero attached hydrogens (tertiary/aromatic N) is 7. The SMILES string of the molecule is Cn1cncc1C(O)(c1ccc2c(c1)CCO2)c1ccc2c(c1)c(-c1cccc(Cl)c1)nc1nnnn12. The lowest BCUT2D eigenvalue weighted by molar-refractivity contribution is 0.117. The molecule has 9 nitrogen and oxygen atoms in total. The number of aliphatic hydroxyl groups is 1. The van der Waals surface area contributed by atoms with Crippen LogP contribution >= 0.6 is 11.6 Å². The summed E-state index contributed by atoms with van der Waals surface area (Å²) in [6.07, 6.45) is 4.17. The average Bonchev–Trinajstić information content (AvgIpc) is 3.67. The summed E-state index contributed by atoms with van der Waals surface area (Å²) >= 11 is 6.33. The number of ether oxygens (including phenoxy) is 1. The van der Waals surface area contributed by atoms with Crippen molar-refractivity contribution in [2.45, 2.75) is 12.0 Å². The van der Waals surface area contributed by atoms with E-state index in [9.17, 15) is 5.11 Å². The Hall–Kier alpha value is -4.34. The Morgan fingerprint density at radius 1 is 1.05 bits per heavy atom. The van der Waals surface area contributed by atoms with Gasteiger partial charge in [-0.05, 0) is 63.5 Å². The Morgan fingerprint density at radius 3 is 2.76 bits per heavy atom. The molecular formula is C27H20ClN7O2. The number of aryl methyl sites for hydroxylation is 1. The zero-order valence-electron chi connectivity index (χ0n) is 19.7. The number of hydrogen-bond acceptors (Lipinski definition) is 7. The number of hydrogen-bond donors (Lipinski definition) is 1. The maximum Gasteiger partial charge on any atom is 0.274 e. The van der Waals surface area contributed by atoms with Crippen LogP contribution in [0.2, 0.25) is 5.02 Å². The van der Waals surface area contributed by atoms with Crippen molar-refractivity contribution in [2.75, 3.05) is 6.61 Å². The van der Waals surface area contributed by atoms with Crippen molar-refractivity contribution in [3.05, 3.63) is 101 Å². The molecule has 182 valence electrons. The molecule has 1 aliphatic rings. The third kappa shape index (κ3) is 3.32. The largest absolute Gasteiger partial charge is 0.493 e. The quantitative estimate of drug-likeness (QED) is 0.384. The number of rotatable bonds is 4. The summed E-state index contributed by atoms with van der Waals surface area (Å²) in [6, 6.07) is 19.1. The standard InChI is InChI=1S/C27H20ClN7O2/c1-34-15-29-14-24(34)27(36,18-6-8-23-16(11-18)9-10-37-23)19-5-7-22-21(13-19)25(17-3-2-4-20(28)12-17)30-26-31-32-33-35(22)26/h2-8,11-15,36H,9-10H2,1H3. The molecule has 1 aliphatic heterocycles. The maximum absolute atomic E-state index is 12.6. The van der Waals surface area contributed by atoms with Gasteiger partial charge in [0.05, 0.1) is 36.0 Å². The first-order valence-electron chi connectivity index (χ1n) is 11.8. The second kappa shape index (κ2) is 8.09. The molecule has 0 amide bonds. The minimum atomic E-state index is -1.50. The molecule has 37 heavy (non-hydrogen) atoms. The zero-order chi connectivity index (χ0) is 25.1. The summed E-state index contributed by atoms with van der Waals surface area (Å²) in [4.78, 5) is 9.05. The van der Waals surface area contributed by atoms with Crippen LogP contribution in [0.1, 0.15) is 22.4 Å². The molecule has 1 unspecified atom stereocenters. The van der Waals surface area contributed by atoms with E-state index in [1.807, 2.05) is 72.3 Å². The van der Waals surface area contributed by atoms with E-state index in [0.717, 1.165) is 39.8 Å². The van der Waals surface area contributed by atoms with Crippen LogP contribution in [-0.4, -0.2) is 46.3 Å². The van der Waals surface area contributed by atoms with Crippen molar-refractivity contribution in [3.63, 3.8) is 0 Å². The lowest BCUT2D eigenvalue weighted by Crippen LogP contribution is -2.31. The van der Waals surface area contributed by atoms with Gasteiger partial charge in [-0.2, -0.15) is 4.52 Å². The lowest BCUT2D eigenvalue weighted by Gasteiger charge is -2.30. The van der Waals surface area contributed by atoms with Crippen molar-refractivity contribution < 1.29 is 9.84 Å².